The van der Waals surface area contributed by atoms with Gasteiger partial charge in [0.05, 0.1) is 0 Å². The van der Waals surface area contributed by atoms with Gasteiger partial charge in [0.15, 0.2) is 6.61 Å². The highest BCUT2D eigenvalue weighted by molar-refractivity contribution is 9.10. The Morgan fingerprint density at radius 3 is 2.90 bits per heavy atom. The number of carboxylic acid groups (broad SMARTS) is 1. The van der Waals surface area contributed by atoms with Gasteiger partial charge in [-0.15, -0.1) is 0 Å². The van der Waals surface area contributed by atoms with E-state index in [9.17, 15) is 14.7 Å². The van der Waals surface area contributed by atoms with Crippen LogP contribution in [0.25, 0.3) is 0 Å². The number of halogens is 1. The molecule has 1 amide bonds. The second-order valence-electron chi connectivity index (χ2n) is 4.48. The third-order valence-electron chi connectivity index (χ3n) is 2.98. The maximum absolute atomic E-state index is 11.8. The summed E-state index contributed by atoms with van der Waals surface area (Å²) in [6, 6.07) is 7.12. The number of ether oxygens (including phenoxy) is 1. The van der Waals surface area contributed by atoms with Gasteiger partial charge in [-0.2, -0.15) is 11.8 Å². The van der Waals surface area contributed by atoms with E-state index in [-0.39, 0.29) is 6.61 Å². The third-order valence-corrected chi connectivity index (χ3v) is 4.66. The molecular formula is C13H14BrNO4S. The van der Waals surface area contributed by atoms with Gasteiger partial charge in [-0.25, -0.2) is 4.79 Å². The van der Waals surface area contributed by atoms with Crippen LogP contribution in [0.5, 0.6) is 5.75 Å². The zero-order valence-corrected chi connectivity index (χ0v) is 13.0. The number of amides is 1. The first-order valence-corrected chi connectivity index (χ1v) is 7.97. The number of carbonyl (C=O) groups excluding carboxylic acids is 1. The zero-order chi connectivity index (χ0) is 14.6. The summed E-state index contributed by atoms with van der Waals surface area (Å²) in [4.78, 5) is 23.1. The fraction of sp³-hybridized carbons (Fsp3) is 0.385. The van der Waals surface area contributed by atoms with E-state index in [0.29, 0.717) is 17.9 Å². The van der Waals surface area contributed by atoms with E-state index in [0.717, 1.165) is 10.2 Å². The Balaban J connectivity index is 1.90. The Morgan fingerprint density at radius 2 is 2.30 bits per heavy atom. The minimum atomic E-state index is -1.15. The lowest BCUT2D eigenvalue weighted by atomic mass is 9.99. The summed E-state index contributed by atoms with van der Waals surface area (Å²) in [5.74, 6) is 0.275. The molecule has 1 aromatic rings. The van der Waals surface area contributed by atoms with Crippen molar-refractivity contribution < 1.29 is 19.4 Å². The molecule has 1 heterocycles. The maximum Gasteiger partial charge on any atom is 0.330 e. The minimum absolute atomic E-state index is 0.198. The summed E-state index contributed by atoms with van der Waals surface area (Å²) in [5, 5.41) is 11.8. The van der Waals surface area contributed by atoms with Crippen molar-refractivity contribution in [3.63, 3.8) is 0 Å². The topological polar surface area (TPSA) is 75.6 Å². The summed E-state index contributed by atoms with van der Waals surface area (Å²) in [6.45, 7) is -0.198. The predicted octanol–water partition coefficient (Wildman–Crippen LogP) is 1.90. The van der Waals surface area contributed by atoms with Crippen molar-refractivity contribution in [2.75, 3.05) is 18.1 Å². The number of nitrogens with one attached hydrogen (secondary N) is 1. The summed E-state index contributed by atoms with van der Waals surface area (Å²) in [7, 11) is 0. The van der Waals surface area contributed by atoms with Crippen LogP contribution in [0.15, 0.2) is 28.7 Å². The van der Waals surface area contributed by atoms with Crippen LogP contribution in [0.2, 0.25) is 0 Å². The number of rotatable bonds is 5. The SMILES string of the molecule is O=C(COc1cccc(Br)c1)NC1(C(=O)O)CCSC1. The van der Waals surface area contributed by atoms with E-state index >= 15 is 0 Å². The number of hydrogen-bond acceptors (Lipinski definition) is 4. The van der Waals surface area contributed by atoms with Crippen molar-refractivity contribution in [1.82, 2.24) is 5.32 Å². The van der Waals surface area contributed by atoms with Crippen LogP contribution in [-0.4, -0.2) is 40.6 Å². The molecule has 2 N–H and O–H groups in total. The number of benzene rings is 1. The van der Waals surface area contributed by atoms with E-state index in [1.807, 2.05) is 6.07 Å². The molecule has 0 saturated carbocycles. The molecular weight excluding hydrogens is 346 g/mol. The van der Waals surface area contributed by atoms with Crippen molar-refractivity contribution in [3.8, 4) is 5.75 Å². The molecule has 20 heavy (non-hydrogen) atoms. The Hall–Kier alpha value is -1.21. The van der Waals surface area contributed by atoms with E-state index in [1.165, 1.54) is 11.8 Å². The normalized spacial score (nSPS) is 21.4. The fourth-order valence-corrected chi connectivity index (χ4v) is 3.60. The molecule has 2 rings (SSSR count). The molecule has 1 unspecified atom stereocenters. The number of aliphatic carboxylic acids is 1. The van der Waals surface area contributed by atoms with Crippen LogP contribution in [0.4, 0.5) is 0 Å². The zero-order valence-electron chi connectivity index (χ0n) is 10.6. The first-order valence-electron chi connectivity index (χ1n) is 6.02. The average molecular weight is 360 g/mol. The average Bonchev–Trinajstić information content (AvgIpc) is 2.86. The minimum Gasteiger partial charge on any atom is -0.484 e. The van der Waals surface area contributed by atoms with Crippen LogP contribution in [-0.2, 0) is 9.59 Å². The van der Waals surface area contributed by atoms with E-state index in [2.05, 4.69) is 21.2 Å². The van der Waals surface area contributed by atoms with Crippen molar-refractivity contribution >= 4 is 39.6 Å². The smallest absolute Gasteiger partial charge is 0.330 e. The molecule has 0 aromatic heterocycles. The first-order chi connectivity index (χ1) is 9.52. The van der Waals surface area contributed by atoms with E-state index < -0.39 is 17.4 Å². The van der Waals surface area contributed by atoms with E-state index in [4.69, 9.17) is 4.74 Å². The van der Waals surface area contributed by atoms with Gasteiger partial charge < -0.3 is 15.2 Å². The highest BCUT2D eigenvalue weighted by Gasteiger charge is 2.43. The molecule has 0 aliphatic carbocycles. The lowest BCUT2D eigenvalue weighted by Gasteiger charge is -2.24. The molecule has 5 nitrogen and oxygen atoms in total. The number of carboxylic acids is 1. The lowest BCUT2D eigenvalue weighted by molar-refractivity contribution is -0.146. The van der Waals surface area contributed by atoms with E-state index in [1.54, 1.807) is 18.2 Å². The van der Waals surface area contributed by atoms with Gasteiger partial charge in [0.2, 0.25) is 0 Å². The van der Waals surface area contributed by atoms with Crippen LogP contribution in [0, 0.1) is 0 Å². The Bertz CT molecular complexity index is 517. The van der Waals surface area contributed by atoms with Crippen LogP contribution >= 0.6 is 27.7 Å². The number of hydrogen-bond donors (Lipinski definition) is 2. The molecule has 7 heteroatoms. The molecule has 0 spiro atoms. The van der Waals surface area contributed by atoms with Crippen LogP contribution < -0.4 is 10.1 Å². The number of thioether (sulfide) groups is 1. The lowest BCUT2D eigenvalue weighted by Crippen LogP contribution is -2.55. The largest absolute Gasteiger partial charge is 0.484 e. The monoisotopic (exact) mass is 359 g/mol. The standard InChI is InChI=1S/C13H14BrNO4S/c14-9-2-1-3-10(6-9)19-7-11(16)15-13(12(17)18)4-5-20-8-13/h1-3,6H,4-5,7-8H2,(H,15,16)(H,17,18). The highest BCUT2D eigenvalue weighted by atomic mass is 79.9. The van der Waals surface area contributed by atoms with Crippen molar-refractivity contribution in [1.29, 1.82) is 0 Å². The Morgan fingerprint density at radius 1 is 1.50 bits per heavy atom. The molecule has 1 fully saturated rings. The Labute approximate surface area is 129 Å². The quantitative estimate of drug-likeness (QED) is 0.839. The van der Waals surface area contributed by atoms with Gasteiger partial charge in [0.25, 0.3) is 5.91 Å². The summed E-state index contributed by atoms with van der Waals surface area (Å²) in [6.07, 6.45) is 0.440. The van der Waals surface area contributed by atoms with Gasteiger partial charge in [0.1, 0.15) is 11.3 Å². The molecule has 1 aliphatic rings. The maximum atomic E-state index is 11.8. The van der Waals surface area contributed by atoms with Crippen molar-refractivity contribution in [2.24, 2.45) is 0 Å². The van der Waals surface area contributed by atoms with Crippen molar-refractivity contribution in [2.45, 2.75) is 12.0 Å². The highest BCUT2D eigenvalue weighted by Crippen LogP contribution is 2.28. The molecule has 0 bridgehead atoms. The first kappa shape index (κ1) is 15.2. The fourth-order valence-electron chi connectivity index (χ4n) is 1.89. The molecule has 1 aromatic carbocycles. The molecule has 1 saturated heterocycles. The summed E-state index contributed by atoms with van der Waals surface area (Å²) in [5.41, 5.74) is -1.15. The molecule has 1 aliphatic heterocycles. The van der Waals surface area contributed by atoms with Gasteiger partial charge in [-0.05, 0) is 30.4 Å². The summed E-state index contributed by atoms with van der Waals surface area (Å²) >= 11 is 4.83. The van der Waals surface area contributed by atoms with Gasteiger partial charge >= 0.3 is 5.97 Å². The van der Waals surface area contributed by atoms with Crippen LogP contribution in [0.3, 0.4) is 0 Å². The van der Waals surface area contributed by atoms with Gasteiger partial charge in [-0.1, -0.05) is 22.0 Å². The van der Waals surface area contributed by atoms with Crippen LogP contribution in [0.1, 0.15) is 6.42 Å². The molecule has 0 radical (unpaired) electrons. The summed E-state index contributed by atoms with van der Waals surface area (Å²) < 4.78 is 6.19. The second kappa shape index (κ2) is 6.49. The molecule has 1 atom stereocenters. The third kappa shape index (κ3) is 3.67. The molecule has 108 valence electrons. The Kier molecular flexibility index (Phi) is 4.93. The van der Waals surface area contributed by atoms with Gasteiger partial charge in [0, 0.05) is 10.2 Å². The van der Waals surface area contributed by atoms with Crippen molar-refractivity contribution in [3.05, 3.63) is 28.7 Å². The second-order valence-corrected chi connectivity index (χ2v) is 6.50. The van der Waals surface area contributed by atoms with Gasteiger partial charge in [-0.3, -0.25) is 4.79 Å². The predicted molar refractivity (Wildman–Crippen MR) is 80.1 cm³/mol. The number of carbonyl (C=O) groups is 2.